The Morgan fingerprint density at radius 2 is 1.79 bits per heavy atom. The number of nitrogens with zero attached hydrogens (tertiary/aromatic N) is 3. The maximum absolute atomic E-state index is 12.4. The van der Waals surface area contributed by atoms with Crippen LogP contribution in [-0.4, -0.2) is 29.2 Å². The number of hydrogen-bond acceptors (Lipinski definition) is 4. The van der Waals surface area contributed by atoms with Gasteiger partial charge in [0.1, 0.15) is 0 Å². The van der Waals surface area contributed by atoms with E-state index in [2.05, 4.69) is 50.7 Å². The quantitative estimate of drug-likeness (QED) is 0.702. The van der Waals surface area contributed by atoms with Crippen LogP contribution >= 0.6 is 0 Å². The van der Waals surface area contributed by atoms with Crippen molar-refractivity contribution in [3.63, 3.8) is 0 Å². The largest absolute Gasteiger partial charge is 0.355 e. The summed E-state index contributed by atoms with van der Waals surface area (Å²) < 4.78 is 0. The molecule has 5 nitrogen and oxygen atoms in total. The number of aryl methyl sites for hydroxylation is 1. The molecule has 1 aliphatic heterocycles. The molecule has 0 saturated carbocycles. The monoisotopic (exact) mass is 386 g/mol. The molecule has 1 fully saturated rings. The Morgan fingerprint density at radius 3 is 2.48 bits per heavy atom. The van der Waals surface area contributed by atoms with E-state index < -0.39 is 0 Å². The van der Waals surface area contributed by atoms with Gasteiger partial charge in [0.2, 0.25) is 0 Å². The Labute approximate surface area is 171 Å². The number of benzene rings is 2. The number of amides is 1. The maximum atomic E-state index is 12.4. The van der Waals surface area contributed by atoms with Crippen molar-refractivity contribution in [2.24, 2.45) is 5.92 Å². The topological polar surface area (TPSA) is 58.1 Å². The lowest BCUT2D eigenvalue weighted by Crippen LogP contribution is -2.35. The van der Waals surface area contributed by atoms with Crippen LogP contribution in [0, 0.1) is 12.8 Å². The zero-order valence-corrected chi connectivity index (χ0v) is 16.7. The van der Waals surface area contributed by atoms with Crippen LogP contribution in [0.1, 0.15) is 34.5 Å². The number of rotatable bonds is 5. The fraction of sp³-hybridized carbons (Fsp3) is 0.292. The molecular weight excluding hydrogens is 360 g/mol. The Morgan fingerprint density at radius 1 is 1.00 bits per heavy atom. The number of piperidine rings is 1. The summed E-state index contributed by atoms with van der Waals surface area (Å²) in [7, 11) is 0. The van der Waals surface area contributed by atoms with Gasteiger partial charge in [0.05, 0.1) is 0 Å². The predicted octanol–water partition coefficient (Wildman–Crippen LogP) is 4.50. The van der Waals surface area contributed by atoms with Crippen LogP contribution in [0.3, 0.4) is 0 Å². The van der Waals surface area contributed by atoms with Crippen molar-refractivity contribution in [3.05, 3.63) is 83.6 Å². The van der Waals surface area contributed by atoms with Gasteiger partial charge in [-0.3, -0.25) is 4.79 Å². The van der Waals surface area contributed by atoms with E-state index in [4.69, 9.17) is 0 Å². The molecule has 0 spiro atoms. The highest BCUT2D eigenvalue weighted by Gasteiger charge is 2.21. The van der Waals surface area contributed by atoms with E-state index in [0.29, 0.717) is 11.6 Å². The summed E-state index contributed by atoms with van der Waals surface area (Å²) in [6.07, 6.45) is 3.43. The van der Waals surface area contributed by atoms with Crippen LogP contribution < -0.4 is 10.2 Å². The SMILES string of the molecule is Cc1cccc(NC(=O)c2ccc(N3CCC(Cc4ccccc4)CC3)nn2)c1. The number of aromatic nitrogens is 2. The second kappa shape index (κ2) is 8.86. The van der Waals surface area contributed by atoms with E-state index in [9.17, 15) is 4.79 Å². The molecule has 0 aliphatic carbocycles. The van der Waals surface area contributed by atoms with Crippen molar-refractivity contribution in [2.75, 3.05) is 23.3 Å². The minimum absolute atomic E-state index is 0.240. The van der Waals surface area contributed by atoms with Crippen molar-refractivity contribution in [1.29, 1.82) is 0 Å². The molecule has 1 aliphatic rings. The van der Waals surface area contributed by atoms with Crippen LogP contribution in [0.5, 0.6) is 0 Å². The number of hydrogen-bond donors (Lipinski definition) is 1. The number of anilines is 2. The number of carbonyl (C=O) groups excluding carboxylic acids is 1. The van der Waals surface area contributed by atoms with Gasteiger partial charge in [-0.2, -0.15) is 0 Å². The van der Waals surface area contributed by atoms with Crippen LogP contribution in [0.2, 0.25) is 0 Å². The summed E-state index contributed by atoms with van der Waals surface area (Å²) in [6.45, 7) is 3.94. The first-order valence-electron chi connectivity index (χ1n) is 10.2. The standard InChI is InChI=1S/C24H26N4O/c1-18-6-5-9-21(16-18)25-24(29)22-10-11-23(27-26-22)28-14-12-20(13-15-28)17-19-7-3-2-4-8-19/h2-11,16,20H,12-15,17H2,1H3,(H,25,29). The van der Waals surface area contributed by atoms with E-state index in [1.807, 2.05) is 37.3 Å². The van der Waals surface area contributed by atoms with Crippen molar-refractivity contribution < 1.29 is 4.79 Å². The minimum Gasteiger partial charge on any atom is -0.355 e. The van der Waals surface area contributed by atoms with Gasteiger partial charge in [0, 0.05) is 18.8 Å². The first kappa shape index (κ1) is 19.1. The van der Waals surface area contributed by atoms with Crippen LogP contribution in [0.25, 0.3) is 0 Å². The molecule has 148 valence electrons. The highest BCUT2D eigenvalue weighted by Crippen LogP contribution is 2.24. The molecule has 1 saturated heterocycles. The van der Waals surface area contributed by atoms with Crippen LogP contribution in [0.4, 0.5) is 11.5 Å². The molecule has 0 unspecified atom stereocenters. The fourth-order valence-corrected chi connectivity index (χ4v) is 3.85. The van der Waals surface area contributed by atoms with E-state index in [-0.39, 0.29) is 5.91 Å². The van der Waals surface area contributed by atoms with Gasteiger partial charge >= 0.3 is 0 Å². The Kier molecular flexibility index (Phi) is 5.84. The molecule has 1 aromatic heterocycles. The first-order chi connectivity index (χ1) is 14.2. The second-order valence-corrected chi connectivity index (χ2v) is 7.72. The van der Waals surface area contributed by atoms with Gasteiger partial charge in [0.15, 0.2) is 11.5 Å². The minimum atomic E-state index is -0.240. The summed E-state index contributed by atoms with van der Waals surface area (Å²) in [4.78, 5) is 14.7. The van der Waals surface area contributed by atoms with Gasteiger partial charge in [-0.15, -0.1) is 10.2 Å². The lowest BCUT2D eigenvalue weighted by atomic mass is 9.90. The summed E-state index contributed by atoms with van der Waals surface area (Å²) in [5, 5.41) is 11.3. The normalized spacial score (nSPS) is 14.6. The molecule has 2 heterocycles. The lowest BCUT2D eigenvalue weighted by molar-refractivity contribution is 0.102. The van der Waals surface area contributed by atoms with Crippen molar-refractivity contribution >= 4 is 17.4 Å². The van der Waals surface area contributed by atoms with Crippen LogP contribution in [-0.2, 0) is 6.42 Å². The van der Waals surface area contributed by atoms with Crippen molar-refractivity contribution in [3.8, 4) is 0 Å². The fourth-order valence-electron chi connectivity index (χ4n) is 3.85. The molecule has 1 amide bonds. The van der Waals surface area contributed by atoms with E-state index >= 15 is 0 Å². The highest BCUT2D eigenvalue weighted by atomic mass is 16.1. The molecule has 0 bridgehead atoms. The van der Waals surface area contributed by atoms with Gasteiger partial charge in [0.25, 0.3) is 5.91 Å². The lowest BCUT2D eigenvalue weighted by Gasteiger charge is -2.32. The molecule has 0 radical (unpaired) electrons. The van der Waals surface area contributed by atoms with Crippen molar-refractivity contribution in [2.45, 2.75) is 26.2 Å². The molecule has 4 rings (SSSR count). The third-order valence-electron chi connectivity index (χ3n) is 5.46. The summed E-state index contributed by atoms with van der Waals surface area (Å²) >= 11 is 0. The third-order valence-corrected chi connectivity index (χ3v) is 5.46. The first-order valence-corrected chi connectivity index (χ1v) is 10.2. The molecular formula is C24H26N4O. The number of carbonyl (C=O) groups is 1. The smallest absolute Gasteiger partial charge is 0.276 e. The third kappa shape index (κ3) is 4.99. The van der Waals surface area contributed by atoms with Gasteiger partial charge in [-0.05, 0) is 67.5 Å². The molecule has 3 aromatic rings. The van der Waals surface area contributed by atoms with E-state index in [0.717, 1.165) is 49.4 Å². The van der Waals surface area contributed by atoms with Gasteiger partial charge in [-0.1, -0.05) is 42.5 Å². The van der Waals surface area contributed by atoms with E-state index in [1.54, 1.807) is 6.07 Å². The average Bonchev–Trinajstić information content (AvgIpc) is 2.75. The summed E-state index contributed by atoms with van der Waals surface area (Å²) in [6, 6.07) is 22.1. The molecule has 29 heavy (non-hydrogen) atoms. The van der Waals surface area contributed by atoms with Crippen LogP contribution in [0.15, 0.2) is 66.7 Å². The number of nitrogens with one attached hydrogen (secondary N) is 1. The van der Waals surface area contributed by atoms with Gasteiger partial charge < -0.3 is 10.2 Å². The zero-order valence-electron chi connectivity index (χ0n) is 16.7. The molecule has 0 atom stereocenters. The Bertz CT molecular complexity index is 948. The highest BCUT2D eigenvalue weighted by molar-refractivity contribution is 6.02. The molecule has 1 N–H and O–H groups in total. The molecule has 2 aromatic carbocycles. The summed E-state index contributed by atoms with van der Waals surface area (Å²) in [5.74, 6) is 1.31. The maximum Gasteiger partial charge on any atom is 0.276 e. The predicted molar refractivity (Wildman–Crippen MR) is 116 cm³/mol. The summed E-state index contributed by atoms with van der Waals surface area (Å²) in [5.41, 5.74) is 3.60. The second-order valence-electron chi connectivity index (χ2n) is 7.72. The average molecular weight is 386 g/mol. The zero-order chi connectivity index (χ0) is 20.1. The Balaban J connectivity index is 1.32. The Hall–Kier alpha value is -3.21. The van der Waals surface area contributed by atoms with Gasteiger partial charge in [-0.25, -0.2) is 0 Å². The van der Waals surface area contributed by atoms with Crippen molar-refractivity contribution in [1.82, 2.24) is 10.2 Å². The van der Waals surface area contributed by atoms with E-state index in [1.165, 1.54) is 5.56 Å². The molecule has 5 heteroatoms.